The van der Waals surface area contributed by atoms with E-state index in [2.05, 4.69) is 13.8 Å². The lowest BCUT2D eigenvalue weighted by molar-refractivity contribution is -0.107. The molecule has 0 unspecified atom stereocenters. The molecule has 0 saturated heterocycles. The Balaban J connectivity index is 2.30. The fraction of sp³-hybridized carbons (Fsp3) is 0.625. The van der Waals surface area contributed by atoms with Crippen LogP contribution in [0.3, 0.4) is 0 Å². The van der Waals surface area contributed by atoms with E-state index in [1.165, 1.54) is 50.6 Å². The van der Waals surface area contributed by atoms with E-state index in [1.54, 1.807) is 0 Å². The summed E-state index contributed by atoms with van der Waals surface area (Å²) in [4.78, 5) is 5.49. The molecule has 0 aliphatic carbocycles. The first-order valence-electron chi connectivity index (χ1n) is 7.75. The van der Waals surface area contributed by atoms with Crippen LogP contribution in [0.2, 0.25) is 12.1 Å². The average molecular weight is 280 g/mol. The monoisotopic (exact) mass is 280 g/mol. The largest absolute Gasteiger partial charge is 0.350 e. The molecular weight excluding hydrogens is 252 g/mol. The Labute approximate surface area is 119 Å². The molecule has 0 bridgehead atoms. The van der Waals surface area contributed by atoms with Crippen LogP contribution in [0.1, 0.15) is 52.4 Å². The Morgan fingerprint density at radius 1 is 0.842 bits per heavy atom. The van der Waals surface area contributed by atoms with Crippen molar-refractivity contribution in [2.45, 2.75) is 64.5 Å². The molecule has 0 N–H and O–H groups in total. The van der Waals surface area contributed by atoms with Crippen LogP contribution in [-0.2, 0) is 4.58 Å². The average Bonchev–Trinajstić information content (AvgIpc) is 2.45. The van der Waals surface area contributed by atoms with Gasteiger partial charge in [0.05, 0.1) is 0 Å². The molecule has 19 heavy (non-hydrogen) atoms. The van der Waals surface area contributed by atoms with Gasteiger partial charge in [-0.1, -0.05) is 70.6 Å². The zero-order valence-corrected chi connectivity index (χ0v) is 13.6. The lowest BCUT2D eigenvalue weighted by atomic mass is 10.3. The zero-order valence-electron chi connectivity index (χ0n) is 12.4. The number of para-hydroxylation sites is 1. The Hall–Kier alpha value is -0.803. The van der Waals surface area contributed by atoms with Gasteiger partial charge in [-0.2, -0.15) is 0 Å². The van der Waals surface area contributed by atoms with Crippen LogP contribution in [-0.4, -0.2) is 9.04 Å². The molecule has 2 nitrogen and oxygen atoms in total. The number of benzene rings is 1. The third-order valence-electron chi connectivity index (χ3n) is 3.28. The molecule has 3 heteroatoms. The standard InChI is InChI=1S/C16H28O2Si/c1-3-5-10-14-19(15-11-6-4-2)18-17-16-12-8-7-9-13-16/h7-9,12-13,19H,3-6,10-11,14-15H2,1-2H3. The van der Waals surface area contributed by atoms with Crippen LogP contribution in [0.4, 0.5) is 0 Å². The molecule has 1 rings (SSSR count). The third kappa shape index (κ3) is 8.06. The molecule has 0 atom stereocenters. The molecule has 0 aromatic heterocycles. The minimum atomic E-state index is -1.19. The van der Waals surface area contributed by atoms with Crippen molar-refractivity contribution in [2.24, 2.45) is 0 Å². The van der Waals surface area contributed by atoms with Crippen molar-refractivity contribution >= 4 is 9.04 Å². The van der Waals surface area contributed by atoms with E-state index in [-0.39, 0.29) is 0 Å². The van der Waals surface area contributed by atoms with Gasteiger partial charge in [-0.15, -0.1) is 0 Å². The van der Waals surface area contributed by atoms with Crippen LogP contribution in [0.25, 0.3) is 0 Å². The zero-order chi connectivity index (χ0) is 13.8. The molecule has 0 heterocycles. The minimum Gasteiger partial charge on any atom is -0.350 e. The molecule has 0 radical (unpaired) electrons. The van der Waals surface area contributed by atoms with Gasteiger partial charge in [0.25, 0.3) is 0 Å². The number of rotatable bonds is 11. The normalized spacial score (nSPS) is 10.9. The molecule has 0 amide bonds. The Morgan fingerprint density at radius 2 is 1.42 bits per heavy atom. The van der Waals surface area contributed by atoms with Crippen molar-refractivity contribution in [3.8, 4) is 5.75 Å². The molecule has 0 aliphatic heterocycles. The maximum Gasteiger partial charge on any atom is 0.239 e. The number of unbranched alkanes of at least 4 members (excludes halogenated alkanes) is 4. The van der Waals surface area contributed by atoms with E-state index in [4.69, 9.17) is 9.46 Å². The maximum absolute atomic E-state index is 5.76. The van der Waals surface area contributed by atoms with Gasteiger partial charge in [-0.05, 0) is 24.2 Å². The van der Waals surface area contributed by atoms with Crippen molar-refractivity contribution in [3.05, 3.63) is 30.3 Å². The molecular formula is C16H28O2Si. The van der Waals surface area contributed by atoms with Crippen LogP contribution < -0.4 is 4.89 Å². The van der Waals surface area contributed by atoms with E-state index >= 15 is 0 Å². The van der Waals surface area contributed by atoms with Gasteiger partial charge >= 0.3 is 0 Å². The lowest BCUT2D eigenvalue weighted by Gasteiger charge is -2.15. The van der Waals surface area contributed by atoms with Crippen molar-refractivity contribution in [1.82, 2.24) is 0 Å². The number of hydrogen-bond acceptors (Lipinski definition) is 2. The van der Waals surface area contributed by atoms with E-state index in [9.17, 15) is 0 Å². The summed E-state index contributed by atoms with van der Waals surface area (Å²) in [5.74, 6) is 0.825. The predicted molar refractivity (Wildman–Crippen MR) is 84.0 cm³/mol. The molecule has 1 aromatic carbocycles. The smallest absolute Gasteiger partial charge is 0.239 e. The van der Waals surface area contributed by atoms with Crippen molar-refractivity contribution < 1.29 is 9.46 Å². The second-order valence-electron chi connectivity index (χ2n) is 5.11. The van der Waals surface area contributed by atoms with Crippen LogP contribution in [0.15, 0.2) is 30.3 Å². The van der Waals surface area contributed by atoms with Crippen LogP contribution >= 0.6 is 0 Å². The van der Waals surface area contributed by atoms with Crippen LogP contribution in [0.5, 0.6) is 5.75 Å². The summed E-state index contributed by atoms with van der Waals surface area (Å²) in [6, 6.07) is 12.3. The first-order valence-corrected chi connectivity index (χ1v) is 9.85. The molecule has 108 valence electrons. The summed E-state index contributed by atoms with van der Waals surface area (Å²) >= 11 is 0. The summed E-state index contributed by atoms with van der Waals surface area (Å²) in [6.45, 7) is 4.49. The quantitative estimate of drug-likeness (QED) is 0.243. The molecule has 0 spiro atoms. The fourth-order valence-corrected chi connectivity index (χ4v) is 4.30. The third-order valence-corrected chi connectivity index (χ3v) is 5.76. The van der Waals surface area contributed by atoms with E-state index < -0.39 is 9.04 Å². The van der Waals surface area contributed by atoms with Crippen molar-refractivity contribution in [2.75, 3.05) is 0 Å². The van der Waals surface area contributed by atoms with Gasteiger partial charge in [-0.3, -0.25) is 0 Å². The van der Waals surface area contributed by atoms with Crippen molar-refractivity contribution in [3.63, 3.8) is 0 Å². The molecule has 0 aliphatic rings. The van der Waals surface area contributed by atoms with Crippen molar-refractivity contribution in [1.29, 1.82) is 0 Å². The highest BCUT2D eigenvalue weighted by molar-refractivity contribution is 6.51. The maximum atomic E-state index is 5.76. The van der Waals surface area contributed by atoms with Gasteiger partial charge in [-0.25, -0.2) is 4.58 Å². The van der Waals surface area contributed by atoms with E-state index in [0.29, 0.717) is 0 Å². The summed E-state index contributed by atoms with van der Waals surface area (Å²) in [5.41, 5.74) is 0. The molecule has 0 fully saturated rings. The highest BCUT2D eigenvalue weighted by atomic mass is 28.3. The van der Waals surface area contributed by atoms with Gasteiger partial charge in [0.15, 0.2) is 5.75 Å². The second kappa shape index (κ2) is 11.1. The highest BCUT2D eigenvalue weighted by Crippen LogP contribution is 2.16. The van der Waals surface area contributed by atoms with Crippen LogP contribution in [0, 0.1) is 0 Å². The summed E-state index contributed by atoms with van der Waals surface area (Å²) in [7, 11) is -1.19. The Kier molecular flexibility index (Phi) is 9.46. The molecule has 1 aromatic rings. The van der Waals surface area contributed by atoms with Gasteiger partial charge in [0, 0.05) is 0 Å². The molecule has 0 saturated carbocycles. The Bertz CT molecular complexity index is 293. The second-order valence-corrected chi connectivity index (χ2v) is 7.70. The number of hydrogen-bond donors (Lipinski definition) is 0. The fourth-order valence-electron chi connectivity index (χ4n) is 2.08. The minimum absolute atomic E-state index is 0.825. The first-order chi connectivity index (χ1) is 9.36. The van der Waals surface area contributed by atoms with E-state index in [1.807, 2.05) is 30.3 Å². The van der Waals surface area contributed by atoms with Gasteiger partial charge in [0.1, 0.15) is 0 Å². The van der Waals surface area contributed by atoms with Gasteiger partial charge in [0.2, 0.25) is 9.04 Å². The highest BCUT2D eigenvalue weighted by Gasteiger charge is 2.13. The summed E-state index contributed by atoms with van der Waals surface area (Å²) in [5, 5.41) is 0. The topological polar surface area (TPSA) is 18.5 Å². The SMILES string of the molecule is CCCCC[SiH](CCCCC)OOc1ccccc1. The predicted octanol–water partition coefficient (Wildman–Crippen LogP) is 5.10. The lowest BCUT2D eigenvalue weighted by Crippen LogP contribution is -2.20. The summed E-state index contributed by atoms with van der Waals surface area (Å²) < 4.78 is 5.76. The van der Waals surface area contributed by atoms with E-state index in [0.717, 1.165) is 5.75 Å². The Morgan fingerprint density at radius 3 is 1.95 bits per heavy atom. The first kappa shape index (κ1) is 16.3. The van der Waals surface area contributed by atoms with Gasteiger partial charge < -0.3 is 4.89 Å². The summed E-state index contributed by atoms with van der Waals surface area (Å²) in [6.07, 6.45) is 7.75.